The maximum Gasteiger partial charge on any atom is 0.285 e. The summed E-state index contributed by atoms with van der Waals surface area (Å²) in [4.78, 5) is 10.2. The van der Waals surface area contributed by atoms with Crippen molar-refractivity contribution in [2.45, 2.75) is 6.54 Å². The molecule has 0 unspecified atom stereocenters. The van der Waals surface area contributed by atoms with E-state index < -0.39 is 16.6 Å². The van der Waals surface area contributed by atoms with E-state index in [1.807, 2.05) is 0 Å². The Morgan fingerprint density at radius 2 is 1.85 bits per heavy atom. The summed E-state index contributed by atoms with van der Waals surface area (Å²) in [5, 5.41) is 13.5. The summed E-state index contributed by atoms with van der Waals surface area (Å²) in [7, 11) is 0. The van der Waals surface area contributed by atoms with Gasteiger partial charge in [0.05, 0.1) is 9.40 Å². The third-order valence-electron chi connectivity index (χ3n) is 2.67. The van der Waals surface area contributed by atoms with Gasteiger partial charge in [-0.25, -0.2) is 8.78 Å². The second-order valence-corrected chi connectivity index (χ2v) is 4.83. The number of nitrogens with one attached hydrogen (secondary N) is 1. The van der Waals surface area contributed by atoms with Gasteiger partial charge in [-0.2, -0.15) is 0 Å². The van der Waals surface area contributed by atoms with Gasteiger partial charge in [0, 0.05) is 23.9 Å². The Labute approximate surface area is 121 Å². The smallest absolute Gasteiger partial charge is 0.285 e. The predicted octanol–water partition coefficient (Wildman–Crippen LogP) is 4.25. The van der Waals surface area contributed by atoms with Gasteiger partial charge in [-0.05, 0) is 40.2 Å². The third-order valence-corrected chi connectivity index (χ3v) is 3.34. The summed E-state index contributed by atoms with van der Waals surface area (Å²) < 4.78 is 27.2. The Hall–Kier alpha value is -2.02. The van der Waals surface area contributed by atoms with Crippen LogP contribution in [0.15, 0.2) is 40.9 Å². The van der Waals surface area contributed by atoms with Crippen molar-refractivity contribution in [3.05, 3.63) is 68.2 Å². The Balaban J connectivity index is 2.19. The van der Waals surface area contributed by atoms with E-state index >= 15 is 0 Å². The molecule has 7 heteroatoms. The van der Waals surface area contributed by atoms with Crippen molar-refractivity contribution >= 4 is 27.3 Å². The molecule has 0 atom stereocenters. The van der Waals surface area contributed by atoms with Crippen molar-refractivity contribution in [2.75, 3.05) is 5.32 Å². The van der Waals surface area contributed by atoms with Crippen LogP contribution in [0.1, 0.15) is 5.56 Å². The van der Waals surface area contributed by atoms with Gasteiger partial charge in [0.1, 0.15) is 11.6 Å². The minimum Gasteiger partial charge on any atom is -0.381 e. The van der Waals surface area contributed by atoms with Gasteiger partial charge in [-0.1, -0.05) is 6.07 Å². The van der Waals surface area contributed by atoms with Gasteiger partial charge in [-0.3, -0.25) is 10.1 Å². The molecule has 0 spiro atoms. The van der Waals surface area contributed by atoms with Crippen molar-refractivity contribution in [3.8, 4) is 0 Å². The molecule has 2 rings (SSSR count). The van der Waals surface area contributed by atoms with Gasteiger partial charge < -0.3 is 5.32 Å². The zero-order valence-corrected chi connectivity index (χ0v) is 11.7. The van der Waals surface area contributed by atoms with E-state index in [0.717, 1.165) is 12.1 Å². The maximum absolute atomic E-state index is 13.4. The molecular formula is C13H9BrF2N2O2. The fourth-order valence-electron chi connectivity index (χ4n) is 1.65. The minimum atomic E-state index is -0.663. The molecule has 104 valence electrons. The van der Waals surface area contributed by atoms with E-state index in [9.17, 15) is 18.9 Å². The van der Waals surface area contributed by atoms with Crippen LogP contribution in [0.4, 0.5) is 20.2 Å². The molecule has 2 aromatic carbocycles. The highest BCUT2D eigenvalue weighted by Gasteiger charge is 2.13. The second-order valence-electron chi connectivity index (χ2n) is 3.98. The van der Waals surface area contributed by atoms with Crippen LogP contribution in [0, 0.1) is 21.7 Å². The van der Waals surface area contributed by atoms with Gasteiger partial charge in [0.15, 0.2) is 0 Å². The topological polar surface area (TPSA) is 55.2 Å². The zero-order valence-electron chi connectivity index (χ0n) is 10.1. The third kappa shape index (κ3) is 3.11. The molecule has 0 aromatic heterocycles. The first-order valence-corrected chi connectivity index (χ1v) is 6.39. The van der Waals surface area contributed by atoms with E-state index in [0.29, 0.717) is 10.2 Å². The van der Waals surface area contributed by atoms with Crippen molar-refractivity contribution in [1.82, 2.24) is 0 Å². The lowest BCUT2D eigenvalue weighted by atomic mass is 10.2. The molecule has 0 fully saturated rings. The van der Waals surface area contributed by atoms with Crippen LogP contribution < -0.4 is 5.32 Å². The van der Waals surface area contributed by atoms with Crippen LogP contribution in [0.25, 0.3) is 0 Å². The van der Waals surface area contributed by atoms with E-state index in [1.165, 1.54) is 18.2 Å². The summed E-state index contributed by atoms with van der Waals surface area (Å²) in [6, 6.07) is 7.96. The molecule has 20 heavy (non-hydrogen) atoms. The van der Waals surface area contributed by atoms with Crippen molar-refractivity contribution in [3.63, 3.8) is 0 Å². The molecule has 0 heterocycles. The minimum absolute atomic E-state index is 0.0999. The maximum atomic E-state index is 13.4. The van der Waals surface area contributed by atoms with Gasteiger partial charge >= 0.3 is 0 Å². The highest BCUT2D eigenvalue weighted by atomic mass is 79.9. The Morgan fingerprint density at radius 3 is 2.45 bits per heavy atom. The van der Waals surface area contributed by atoms with E-state index in [1.54, 1.807) is 6.07 Å². The molecule has 0 saturated carbocycles. The number of rotatable bonds is 4. The van der Waals surface area contributed by atoms with E-state index in [4.69, 9.17) is 0 Å². The number of halogens is 3. The number of nitro benzene ring substituents is 1. The summed E-state index contributed by atoms with van der Waals surface area (Å²) in [6.45, 7) is -0.0999. The quantitative estimate of drug-likeness (QED) is 0.667. The molecule has 0 saturated heterocycles. The first-order chi connectivity index (χ1) is 9.49. The monoisotopic (exact) mass is 342 g/mol. The average molecular weight is 343 g/mol. The number of nitro groups is 1. The highest BCUT2D eigenvalue weighted by molar-refractivity contribution is 9.10. The number of nitrogens with zero attached hydrogens (tertiary/aromatic N) is 1. The summed E-state index contributed by atoms with van der Waals surface area (Å²) in [5.74, 6) is -1.33. The molecule has 0 aliphatic carbocycles. The molecule has 2 aromatic rings. The molecular weight excluding hydrogens is 334 g/mol. The Bertz CT molecular complexity index is 645. The molecule has 1 N–H and O–H groups in total. The number of hydrogen-bond acceptors (Lipinski definition) is 3. The number of anilines is 1. The molecule has 0 radical (unpaired) electrons. The standard InChI is InChI=1S/C13H9BrF2N2O2/c14-10-5-4-8(6-13(10)18(19)20)17-7-9-11(15)2-1-3-12(9)16/h1-6,17H,7H2. The van der Waals surface area contributed by atoms with Crippen LogP contribution in [0.3, 0.4) is 0 Å². The predicted molar refractivity (Wildman–Crippen MR) is 74.5 cm³/mol. The summed E-state index contributed by atoms with van der Waals surface area (Å²) in [6.07, 6.45) is 0. The van der Waals surface area contributed by atoms with E-state index in [-0.39, 0.29) is 17.8 Å². The second kappa shape index (κ2) is 5.96. The summed E-state index contributed by atoms with van der Waals surface area (Å²) in [5.41, 5.74) is 0.171. The molecule has 0 bridgehead atoms. The molecule has 0 aliphatic heterocycles. The lowest BCUT2D eigenvalue weighted by Gasteiger charge is -2.08. The summed E-state index contributed by atoms with van der Waals surface area (Å²) >= 11 is 3.06. The van der Waals surface area contributed by atoms with Crippen molar-refractivity contribution in [2.24, 2.45) is 0 Å². The highest BCUT2D eigenvalue weighted by Crippen LogP contribution is 2.28. The van der Waals surface area contributed by atoms with Crippen LogP contribution >= 0.6 is 15.9 Å². The van der Waals surface area contributed by atoms with Crippen LogP contribution in [-0.2, 0) is 6.54 Å². The van der Waals surface area contributed by atoms with Gasteiger partial charge in [0.25, 0.3) is 5.69 Å². The first kappa shape index (κ1) is 14.4. The molecule has 4 nitrogen and oxygen atoms in total. The average Bonchev–Trinajstić information content (AvgIpc) is 2.39. The normalized spacial score (nSPS) is 10.3. The lowest BCUT2D eigenvalue weighted by molar-refractivity contribution is -0.385. The SMILES string of the molecule is O=[N+]([O-])c1cc(NCc2c(F)cccc2F)ccc1Br. The lowest BCUT2D eigenvalue weighted by Crippen LogP contribution is -2.05. The van der Waals surface area contributed by atoms with Crippen LogP contribution in [0.2, 0.25) is 0 Å². The zero-order chi connectivity index (χ0) is 14.7. The number of hydrogen-bond donors (Lipinski definition) is 1. The van der Waals surface area contributed by atoms with Crippen molar-refractivity contribution < 1.29 is 13.7 Å². The van der Waals surface area contributed by atoms with Crippen molar-refractivity contribution in [1.29, 1.82) is 0 Å². The fraction of sp³-hybridized carbons (Fsp3) is 0.0769. The fourth-order valence-corrected chi connectivity index (χ4v) is 2.05. The van der Waals surface area contributed by atoms with Crippen LogP contribution in [-0.4, -0.2) is 4.92 Å². The largest absolute Gasteiger partial charge is 0.381 e. The van der Waals surface area contributed by atoms with Gasteiger partial charge in [-0.15, -0.1) is 0 Å². The Kier molecular flexibility index (Phi) is 4.29. The van der Waals surface area contributed by atoms with Gasteiger partial charge in [0.2, 0.25) is 0 Å². The molecule has 0 amide bonds. The first-order valence-electron chi connectivity index (χ1n) is 5.59. The number of benzene rings is 2. The Morgan fingerprint density at radius 1 is 1.20 bits per heavy atom. The van der Waals surface area contributed by atoms with E-state index in [2.05, 4.69) is 21.2 Å². The molecule has 0 aliphatic rings. The van der Waals surface area contributed by atoms with Crippen LogP contribution in [0.5, 0.6) is 0 Å².